The van der Waals surface area contributed by atoms with Crippen molar-refractivity contribution in [3.63, 3.8) is 0 Å². The first kappa shape index (κ1) is 17.3. The van der Waals surface area contributed by atoms with E-state index in [1.165, 1.54) is 0 Å². The summed E-state index contributed by atoms with van der Waals surface area (Å²) >= 11 is 5.94. The highest BCUT2D eigenvalue weighted by atomic mass is 35.5. The van der Waals surface area contributed by atoms with Crippen molar-refractivity contribution < 1.29 is 14.0 Å². The van der Waals surface area contributed by atoms with E-state index < -0.39 is 7.12 Å². The van der Waals surface area contributed by atoms with E-state index in [1.807, 2.05) is 52.0 Å². The Kier molecular flexibility index (Phi) is 4.60. The number of aromatic nitrogens is 1. The van der Waals surface area contributed by atoms with Gasteiger partial charge < -0.3 is 14.0 Å². The lowest BCUT2D eigenvalue weighted by atomic mass is 9.76. The molecule has 1 saturated heterocycles. The number of nitrogens with zero attached hydrogens (tertiary/aromatic N) is 1. The van der Waals surface area contributed by atoms with Gasteiger partial charge in [-0.25, -0.2) is 0 Å². The molecule has 2 heterocycles. The second kappa shape index (κ2) is 6.39. The molecule has 6 heteroatoms. The summed E-state index contributed by atoms with van der Waals surface area (Å²) in [6.07, 6.45) is 3.22. The molecule has 0 radical (unpaired) electrons. The third-order valence-electron chi connectivity index (χ3n) is 4.64. The Morgan fingerprint density at radius 1 is 1.08 bits per heavy atom. The third-order valence-corrected chi connectivity index (χ3v) is 4.84. The van der Waals surface area contributed by atoms with Crippen LogP contribution >= 0.6 is 11.6 Å². The number of rotatable bonds is 4. The van der Waals surface area contributed by atoms with Crippen LogP contribution in [0.4, 0.5) is 0 Å². The maximum atomic E-state index is 6.15. The highest BCUT2D eigenvalue weighted by Gasteiger charge is 2.52. The van der Waals surface area contributed by atoms with E-state index in [0.717, 1.165) is 11.0 Å². The van der Waals surface area contributed by atoms with Crippen molar-refractivity contribution in [1.29, 1.82) is 0 Å². The summed E-state index contributed by atoms with van der Waals surface area (Å²) in [7, 11) is -0.410. The number of hydrogen-bond acceptors (Lipinski definition) is 4. The first-order chi connectivity index (χ1) is 11.3. The normalized spacial score (nSPS) is 18.6. The van der Waals surface area contributed by atoms with E-state index in [4.69, 9.17) is 25.6 Å². The molecule has 1 aromatic heterocycles. The molecule has 1 aromatic carbocycles. The topological polar surface area (TPSA) is 40.6 Å². The highest BCUT2D eigenvalue weighted by Crippen LogP contribution is 2.36. The number of pyridine rings is 1. The Hall–Kier alpha value is -1.56. The van der Waals surface area contributed by atoms with Crippen LogP contribution in [0.15, 0.2) is 42.7 Å². The number of benzene rings is 1. The molecule has 0 spiro atoms. The quantitative estimate of drug-likeness (QED) is 0.794. The van der Waals surface area contributed by atoms with Gasteiger partial charge in [0, 0.05) is 12.3 Å². The van der Waals surface area contributed by atoms with Crippen molar-refractivity contribution in [3.05, 3.63) is 53.3 Å². The van der Waals surface area contributed by atoms with Crippen molar-refractivity contribution in [2.24, 2.45) is 0 Å². The lowest BCUT2D eigenvalue weighted by Crippen LogP contribution is -2.41. The molecule has 0 amide bonds. The molecule has 3 rings (SSSR count). The molecule has 24 heavy (non-hydrogen) atoms. The van der Waals surface area contributed by atoms with Crippen LogP contribution in [0.2, 0.25) is 5.02 Å². The Bertz CT molecular complexity index is 720. The standard InChI is InChI=1S/C18H21BClNO3/c1-17(2)18(3,4)24-19(23-17)16-8-6-5-7-13(16)12-22-15-9-14(20)10-21-11-15/h5-11H,12H2,1-4H3. The zero-order chi connectivity index (χ0) is 17.4. The fourth-order valence-electron chi connectivity index (χ4n) is 2.50. The average Bonchev–Trinajstić information content (AvgIpc) is 2.74. The van der Waals surface area contributed by atoms with Gasteiger partial charge in [-0.05, 0) is 38.7 Å². The lowest BCUT2D eigenvalue weighted by molar-refractivity contribution is 0.00578. The molecule has 1 aliphatic rings. The fourth-order valence-corrected chi connectivity index (χ4v) is 2.66. The van der Waals surface area contributed by atoms with Crippen molar-refractivity contribution in [2.45, 2.75) is 45.5 Å². The van der Waals surface area contributed by atoms with E-state index >= 15 is 0 Å². The van der Waals surface area contributed by atoms with Crippen LogP contribution in [-0.4, -0.2) is 23.3 Å². The minimum Gasteiger partial charge on any atom is -0.487 e. The van der Waals surface area contributed by atoms with Crippen molar-refractivity contribution in [2.75, 3.05) is 0 Å². The summed E-state index contributed by atoms with van der Waals surface area (Å²) in [5.74, 6) is 0.631. The summed E-state index contributed by atoms with van der Waals surface area (Å²) in [5.41, 5.74) is 1.24. The molecule has 4 nitrogen and oxygen atoms in total. The van der Waals surface area contributed by atoms with E-state index in [0.29, 0.717) is 17.4 Å². The van der Waals surface area contributed by atoms with E-state index in [2.05, 4.69) is 4.98 Å². The highest BCUT2D eigenvalue weighted by molar-refractivity contribution is 6.62. The predicted octanol–water partition coefficient (Wildman–Crippen LogP) is 3.61. The Morgan fingerprint density at radius 2 is 1.75 bits per heavy atom. The molecule has 0 unspecified atom stereocenters. The maximum Gasteiger partial charge on any atom is 0.495 e. The van der Waals surface area contributed by atoms with Gasteiger partial charge in [-0.3, -0.25) is 4.98 Å². The van der Waals surface area contributed by atoms with E-state index in [1.54, 1.807) is 18.5 Å². The summed E-state index contributed by atoms with van der Waals surface area (Å²) in [6.45, 7) is 8.57. The molecule has 0 N–H and O–H groups in total. The van der Waals surface area contributed by atoms with Crippen molar-refractivity contribution in [1.82, 2.24) is 4.98 Å². The predicted molar refractivity (Wildman–Crippen MR) is 95.7 cm³/mol. The van der Waals surface area contributed by atoms with Gasteiger partial charge >= 0.3 is 7.12 Å². The van der Waals surface area contributed by atoms with E-state index in [-0.39, 0.29) is 11.2 Å². The van der Waals surface area contributed by atoms with Crippen LogP contribution in [0.1, 0.15) is 33.3 Å². The fraction of sp³-hybridized carbons (Fsp3) is 0.389. The molecule has 0 aliphatic carbocycles. The van der Waals surface area contributed by atoms with Gasteiger partial charge in [0.05, 0.1) is 22.4 Å². The van der Waals surface area contributed by atoms with Crippen LogP contribution < -0.4 is 10.2 Å². The largest absolute Gasteiger partial charge is 0.495 e. The Morgan fingerprint density at radius 3 is 2.42 bits per heavy atom. The van der Waals surface area contributed by atoms with Crippen LogP contribution in [-0.2, 0) is 15.9 Å². The number of hydrogen-bond donors (Lipinski definition) is 0. The third kappa shape index (κ3) is 3.43. The Balaban J connectivity index is 1.79. The second-order valence-corrected chi connectivity index (χ2v) is 7.35. The van der Waals surface area contributed by atoms with E-state index in [9.17, 15) is 0 Å². The molecular weight excluding hydrogens is 324 g/mol. The summed E-state index contributed by atoms with van der Waals surface area (Å²) in [6, 6.07) is 9.72. The first-order valence-electron chi connectivity index (χ1n) is 7.95. The van der Waals surface area contributed by atoms with Gasteiger partial charge in [0.25, 0.3) is 0 Å². The van der Waals surface area contributed by atoms with Gasteiger partial charge in [0.15, 0.2) is 0 Å². The average molecular weight is 346 g/mol. The maximum absolute atomic E-state index is 6.15. The lowest BCUT2D eigenvalue weighted by Gasteiger charge is -2.32. The molecule has 0 saturated carbocycles. The van der Waals surface area contributed by atoms with Crippen LogP contribution in [0.3, 0.4) is 0 Å². The van der Waals surface area contributed by atoms with Crippen LogP contribution in [0, 0.1) is 0 Å². The van der Waals surface area contributed by atoms with Crippen molar-refractivity contribution >= 4 is 24.2 Å². The van der Waals surface area contributed by atoms with Crippen LogP contribution in [0.25, 0.3) is 0 Å². The number of halogens is 1. The Labute approximate surface area is 148 Å². The number of ether oxygens (including phenoxy) is 1. The molecular formula is C18H21BClNO3. The van der Waals surface area contributed by atoms with Crippen molar-refractivity contribution in [3.8, 4) is 5.75 Å². The summed E-state index contributed by atoms with van der Waals surface area (Å²) < 4.78 is 18.1. The minimum absolute atomic E-state index is 0.373. The molecule has 2 aromatic rings. The zero-order valence-electron chi connectivity index (χ0n) is 14.4. The summed E-state index contributed by atoms with van der Waals surface area (Å²) in [4.78, 5) is 4.03. The SMILES string of the molecule is CC1(C)OB(c2ccccc2COc2cncc(Cl)c2)OC1(C)C. The summed E-state index contributed by atoms with van der Waals surface area (Å²) in [5, 5.41) is 0.548. The monoisotopic (exact) mass is 345 g/mol. The smallest absolute Gasteiger partial charge is 0.487 e. The van der Waals surface area contributed by atoms with Crippen LogP contribution in [0.5, 0.6) is 5.75 Å². The first-order valence-corrected chi connectivity index (χ1v) is 8.33. The van der Waals surface area contributed by atoms with Gasteiger partial charge in [-0.15, -0.1) is 0 Å². The zero-order valence-corrected chi connectivity index (χ0v) is 15.1. The van der Waals surface area contributed by atoms with Gasteiger partial charge in [0.1, 0.15) is 12.4 Å². The minimum atomic E-state index is -0.410. The molecule has 1 aliphatic heterocycles. The molecule has 0 atom stereocenters. The molecule has 0 bridgehead atoms. The van der Waals surface area contributed by atoms with Gasteiger partial charge in [-0.1, -0.05) is 35.9 Å². The van der Waals surface area contributed by atoms with Gasteiger partial charge in [0.2, 0.25) is 0 Å². The molecule has 1 fully saturated rings. The molecule has 126 valence electrons. The van der Waals surface area contributed by atoms with Gasteiger partial charge in [-0.2, -0.15) is 0 Å². The second-order valence-electron chi connectivity index (χ2n) is 6.91.